The Morgan fingerprint density at radius 2 is 1.95 bits per heavy atom. The molecule has 5 heteroatoms. The summed E-state index contributed by atoms with van der Waals surface area (Å²) in [7, 11) is 0. The lowest BCUT2D eigenvalue weighted by atomic mass is 9.97. The number of nitrogens with zero attached hydrogens (tertiary/aromatic N) is 2. The van der Waals surface area contributed by atoms with Gasteiger partial charge in [0.05, 0.1) is 0 Å². The van der Waals surface area contributed by atoms with Crippen molar-refractivity contribution in [2.24, 2.45) is 5.10 Å². The highest BCUT2D eigenvalue weighted by Gasteiger charge is 2.45. The molecule has 0 saturated carbocycles. The van der Waals surface area contributed by atoms with Crippen LogP contribution in [0.15, 0.2) is 59.7 Å². The van der Waals surface area contributed by atoms with Crippen LogP contribution in [0.25, 0.3) is 0 Å². The van der Waals surface area contributed by atoms with Gasteiger partial charge in [-0.2, -0.15) is 10.1 Å². The SMILES string of the molecule is CC1=NN(C(=O)c2cccc(Cl)c2)[C@@](O)(c2ccccc2)C1. The van der Waals surface area contributed by atoms with E-state index >= 15 is 0 Å². The zero-order chi connectivity index (χ0) is 15.7. The Morgan fingerprint density at radius 1 is 1.23 bits per heavy atom. The van der Waals surface area contributed by atoms with Gasteiger partial charge in [0.2, 0.25) is 0 Å². The van der Waals surface area contributed by atoms with Crippen LogP contribution >= 0.6 is 11.6 Å². The Labute approximate surface area is 133 Å². The smallest absolute Gasteiger partial charge is 0.276 e. The molecule has 3 rings (SSSR count). The fraction of sp³-hybridized carbons (Fsp3) is 0.176. The van der Waals surface area contributed by atoms with Gasteiger partial charge >= 0.3 is 0 Å². The van der Waals surface area contributed by atoms with Crippen LogP contribution in [0.2, 0.25) is 5.02 Å². The molecule has 0 unspecified atom stereocenters. The van der Waals surface area contributed by atoms with E-state index in [2.05, 4.69) is 5.10 Å². The molecule has 0 fully saturated rings. The number of carbonyl (C=O) groups excluding carboxylic acids is 1. The van der Waals surface area contributed by atoms with Crippen molar-refractivity contribution in [3.8, 4) is 0 Å². The van der Waals surface area contributed by atoms with Crippen LogP contribution in [-0.4, -0.2) is 21.7 Å². The molecule has 0 radical (unpaired) electrons. The Bertz CT molecular complexity index is 745. The number of halogens is 1. The van der Waals surface area contributed by atoms with Crippen molar-refractivity contribution in [2.75, 3.05) is 0 Å². The maximum absolute atomic E-state index is 12.7. The third-order valence-corrected chi connectivity index (χ3v) is 3.86. The van der Waals surface area contributed by atoms with Crippen LogP contribution in [0.1, 0.15) is 29.3 Å². The maximum atomic E-state index is 12.7. The highest BCUT2D eigenvalue weighted by Crippen LogP contribution is 2.36. The molecule has 1 amide bonds. The van der Waals surface area contributed by atoms with Gasteiger partial charge < -0.3 is 5.11 Å². The van der Waals surface area contributed by atoms with E-state index in [0.717, 1.165) is 5.01 Å². The second-order valence-electron chi connectivity index (χ2n) is 5.32. The van der Waals surface area contributed by atoms with Crippen LogP contribution in [0.4, 0.5) is 0 Å². The molecule has 1 aliphatic heterocycles. The van der Waals surface area contributed by atoms with Gasteiger partial charge in [-0.15, -0.1) is 0 Å². The molecule has 1 atom stereocenters. The summed E-state index contributed by atoms with van der Waals surface area (Å²) in [5, 5.41) is 16.9. The molecule has 4 nitrogen and oxygen atoms in total. The lowest BCUT2D eigenvalue weighted by Crippen LogP contribution is -2.43. The molecular formula is C17H15ClN2O2. The normalized spacial score (nSPS) is 20.9. The highest BCUT2D eigenvalue weighted by atomic mass is 35.5. The number of amides is 1. The van der Waals surface area contributed by atoms with Crippen LogP contribution < -0.4 is 0 Å². The molecule has 0 aromatic heterocycles. The van der Waals surface area contributed by atoms with Gasteiger partial charge in [0.15, 0.2) is 5.72 Å². The molecule has 0 bridgehead atoms. The fourth-order valence-electron chi connectivity index (χ4n) is 2.61. The summed E-state index contributed by atoms with van der Waals surface area (Å²) >= 11 is 5.94. The van der Waals surface area contributed by atoms with E-state index in [1.807, 2.05) is 18.2 Å². The fourth-order valence-corrected chi connectivity index (χ4v) is 2.80. The second-order valence-corrected chi connectivity index (χ2v) is 5.76. The molecule has 112 valence electrons. The monoisotopic (exact) mass is 314 g/mol. The molecule has 0 spiro atoms. The number of carbonyl (C=O) groups is 1. The van der Waals surface area contributed by atoms with E-state index in [9.17, 15) is 9.90 Å². The average Bonchev–Trinajstić information content (AvgIpc) is 2.83. The van der Waals surface area contributed by atoms with Crippen LogP contribution in [0.3, 0.4) is 0 Å². The summed E-state index contributed by atoms with van der Waals surface area (Å²) < 4.78 is 0. The highest BCUT2D eigenvalue weighted by molar-refractivity contribution is 6.31. The van der Waals surface area contributed by atoms with Crippen molar-refractivity contribution in [1.29, 1.82) is 0 Å². The summed E-state index contributed by atoms with van der Waals surface area (Å²) in [5.74, 6) is -0.384. The summed E-state index contributed by atoms with van der Waals surface area (Å²) in [6.07, 6.45) is 0.281. The third-order valence-electron chi connectivity index (χ3n) is 3.62. The first-order valence-corrected chi connectivity index (χ1v) is 7.30. The minimum Gasteiger partial charge on any atom is -0.365 e. The zero-order valence-corrected chi connectivity index (χ0v) is 12.8. The second kappa shape index (κ2) is 5.55. The van der Waals surface area contributed by atoms with Crippen molar-refractivity contribution < 1.29 is 9.90 Å². The van der Waals surface area contributed by atoms with Gasteiger partial charge in [0.25, 0.3) is 5.91 Å². The van der Waals surface area contributed by atoms with Crippen molar-refractivity contribution >= 4 is 23.2 Å². The first-order chi connectivity index (χ1) is 10.5. The summed E-state index contributed by atoms with van der Waals surface area (Å²) in [6, 6.07) is 15.7. The average molecular weight is 315 g/mol. The lowest BCUT2D eigenvalue weighted by Gasteiger charge is -2.31. The van der Waals surface area contributed by atoms with Crippen molar-refractivity contribution in [1.82, 2.24) is 5.01 Å². The zero-order valence-electron chi connectivity index (χ0n) is 12.0. The topological polar surface area (TPSA) is 52.9 Å². The van der Waals surface area contributed by atoms with Gasteiger partial charge in [-0.1, -0.05) is 48.0 Å². The van der Waals surface area contributed by atoms with Gasteiger partial charge in [-0.25, -0.2) is 0 Å². The van der Waals surface area contributed by atoms with E-state index in [4.69, 9.17) is 11.6 Å². The van der Waals surface area contributed by atoms with Gasteiger partial charge in [-0.05, 0) is 25.1 Å². The number of hydrogen-bond donors (Lipinski definition) is 1. The van der Waals surface area contributed by atoms with E-state index < -0.39 is 5.72 Å². The standard InChI is InChI=1S/C17H15ClN2O2/c1-12-11-17(22,14-7-3-2-4-8-14)20(19-12)16(21)13-6-5-9-15(18)10-13/h2-10,22H,11H2,1H3/t17-/m0/s1. The van der Waals surface area contributed by atoms with Crippen molar-refractivity contribution in [3.63, 3.8) is 0 Å². The summed E-state index contributed by atoms with van der Waals surface area (Å²) in [5.41, 5.74) is 0.248. The van der Waals surface area contributed by atoms with Crippen molar-refractivity contribution in [3.05, 3.63) is 70.7 Å². The molecule has 1 aliphatic rings. The minimum atomic E-state index is -1.47. The molecular weight excluding hydrogens is 300 g/mol. The van der Waals surface area contributed by atoms with Gasteiger partial charge in [0, 0.05) is 28.3 Å². The Hall–Kier alpha value is -2.17. The van der Waals surface area contributed by atoms with E-state index in [1.165, 1.54) is 0 Å². The number of hydrazone groups is 1. The Balaban J connectivity index is 2.02. The Kier molecular flexibility index (Phi) is 3.72. The number of hydrogen-bond acceptors (Lipinski definition) is 3. The molecule has 0 saturated heterocycles. The van der Waals surface area contributed by atoms with Gasteiger partial charge in [0.1, 0.15) is 0 Å². The molecule has 1 N–H and O–H groups in total. The largest absolute Gasteiger partial charge is 0.365 e. The van der Waals surface area contributed by atoms with Gasteiger partial charge in [-0.3, -0.25) is 4.79 Å². The van der Waals surface area contributed by atoms with Crippen LogP contribution in [-0.2, 0) is 5.72 Å². The Morgan fingerprint density at radius 3 is 2.64 bits per heavy atom. The molecule has 2 aromatic carbocycles. The number of aliphatic hydroxyl groups is 1. The van der Waals surface area contributed by atoms with E-state index in [1.54, 1.807) is 43.3 Å². The number of benzene rings is 2. The predicted octanol–water partition coefficient (Wildman–Crippen LogP) is 3.41. The quantitative estimate of drug-likeness (QED) is 0.923. The minimum absolute atomic E-state index is 0.281. The van der Waals surface area contributed by atoms with E-state index in [0.29, 0.717) is 21.9 Å². The molecule has 22 heavy (non-hydrogen) atoms. The van der Waals surface area contributed by atoms with E-state index in [-0.39, 0.29) is 12.3 Å². The predicted molar refractivity (Wildman–Crippen MR) is 85.7 cm³/mol. The third kappa shape index (κ3) is 2.51. The van der Waals surface area contributed by atoms with Crippen LogP contribution in [0, 0.1) is 0 Å². The number of rotatable bonds is 2. The molecule has 2 aromatic rings. The summed E-state index contributed by atoms with van der Waals surface area (Å²) in [4.78, 5) is 12.7. The van der Waals surface area contributed by atoms with Crippen LogP contribution in [0.5, 0.6) is 0 Å². The first kappa shape index (κ1) is 14.8. The molecule has 0 aliphatic carbocycles. The lowest BCUT2D eigenvalue weighted by molar-refractivity contribution is -0.0765. The van der Waals surface area contributed by atoms with Crippen molar-refractivity contribution in [2.45, 2.75) is 19.1 Å². The molecule has 1 heterocycles. The summed E-state index contributed by atoms with van der Waals surface area (Å²) in [6.45, 7) is 1.79. The first-order valence-electron chi connectivity index (χ1n) is 6.93. The maximum Gasteiger partial charge on any atom is 0.276 e.